The lowest BCUT2D eigenvalue weighted by Gasteiger charge is -2.38. The molecule has 1 aromatic carbocycles. The normalized spacial score (nSPS) is 29.8. The van der Waals surface area contributed by atoms with Crippen LogP contribution in [0.4, 0.5) is 0 Å². The highest BCUT2D eigenvalue weighted by atomic mass is 16.5. The summed E-state index contributed by atoms with van der Waals surface area (Å²) in [6.45, 7) is 7.20. The topological polar surface area (TPSA) is 33.5 Å². The number of likely N-dealkylation sites (tertiary alicyclic amines) is 1. The number of nitrogens with zero attached hydrogens (tertiary/aromatic N) is 4. The first-order valence-corrected chi connectivity index (χ1v) is 10.4. The maximum Gasteiger partial charge on any atom is 0.114 e. The fourth-order valence-corrected chi connectivity index (χ4v) is 5.50. The van der Waals surface area contributed by atoms with Gasteiger partial charge in [0, 0.05) is 50.7 Å². The zero-order valence-electron chi connectivity index (χ0n) is 15.4. The quantitative estimate of drug-likeness (QED) is 0.850. The molecule has 2 unspecified atom stereocenters. The van der Waals surface area contributed by atoms with Crippen LogP contribution >= 0.6 is 0 Å². The fourth-order valence-electron chi connectivity index (χ4n) is 5.50. The summed E-state index contributed by atoms with van der Waals surface area (Å²) in [5.41, 5.74) is 3.93. The minimum atomic E-state index is 0.643. The molecule has 2 bridgehead atoms. The van der Waals surface area contributed by atoms with Crippen LogP contribution in [-0.2, 0) is 17.8 Å². The second-order valence-corrected chi connectivity index (χ2v) is 8.66. The fraction of sp³-hybridized carbons (Fsp3) is 0.667. The maximum absolute atomic E-state index is 5.47. The smallest absolute Gasteiger partial charge is 0.114 e. The SMILES string of the molecule is c1cc2c(cc1CN1CCOCC1)nc1n2CC2CC1CN2C1CCC1. The Morgan fingerprint density at radius 2 is 1.96 bits per heavy atom. The van der Waals surface area contributed by atoms with Crippen LogP contribution in [0.15, 0.2) is 18.2 Å². The molecule has 2 saturated heterocycles. The Hall–Kier alpha value is -1.43. The van der Waals surface area contributed by atoms with Gasteiger partial charge in [-0.2, -0.15) is 0 Å². The van der Waals surface area contributed by atoms with Crippen molar-refractivity contribution in [3.8, 4) is 0 Å². The first-order chi connectivity index (χ1) is 12.8. The first kappa shape index (κ1) is 15.6. The molecular formula is C21H28N4O. The van der Waals surface area contributed by atoms with Crippen molar-refractivity contribution in [3.63, 3.8) is 0 Å². The van der Waals surface area contributed by atoms with Gasteiger partial charge in [-0.3, -0.25) is 9.80 Å². The van der Waals surface area contributed by atoms with Crippen LogP contribution in [0.3, 0.4) is 0 Å². The Morgan fingerprint density at radius 1 is 1.08 bits per heavy atom. The number of rotatable bonds is 3. The lowest BCUT2D eigenvalue weighted by Crippen LogP contribution is -2.44. The number of fused-ring (bicyclic) bond motifs is 6. The van der Waals surface area contributed by atoms with Gasteiger partial charge in [-0.05, 0) is 37.0 Å². The summed E-state index contributed by atoms with van der Waals surface area (Å²) in [7, 11) is 0. The molecule has 0 N–H and O–H groups in total. The van der Waals surface area contributed by atoms with Crippen molar-refractivity contribution in [2.75, 3.05) is 32.8 Å². The van der Waals surface area contributed by atoms with Gasteiger partial charge in [-0.1, -0.05) is 12.5 Å². The number of benzene rings is 1. The van der Waals surface area contributed by atoms with E-state index in [1.807, 2.05) is 0 Å². The van der Waals surface area contributed by atoms with Crippen molar-refractivity contribution >= 4 is 11.0 Å². The van der Waals surface area contributed by atoms with Gasteiger partial charge in [0.05, 0.1) is 24.2 Å². The predicted molar refractivity (Wildman–Crippen MR) is 101 cm³/mol. The molecule has 4 heterocycles. The van der Waals surface area contributed by atoms with Gasteiger partial charge in [0.2, 0.25) is 0 Å². The molecule has 3 aliphatic heterocycles. The molecule has 1 aliphatic carbocycles. The number of ether oxygens (including phenoxy) is 1. The van der Waals surface area contributed by atoms with Crippen LogP contribution in [0.25, 0.3) is 11.0 Å². The summed E-state index contributed by atoms with van der Waals surface area (Å²) < 4.78 is 8.00. The number of hydrogen-bond donors (Lipinski definition) is 0. The number of imidazole rings is 1. The van der Waals surface area contributed by atoms with Crippen molar-refractivity contribution in [2.45, 2.75) is 56.8 Å². The molecule has 1 aromatic heterocycles. The van der Waals surface area contributed by atoms with Crippen molar-refractivity contribution < 1.29 is 4.74 Å². The summed E-state index contributed by atoms with van der Waals surface area (Å²) >= 11 is 0. The average Bonchev–Trinajstić information content (AvgIpc) is 3.14. The van der Waals surface area contributed by atoms with Crippen molar-refractivity contribution in [1.82, 2.24) is 19.4 Å². The molecule has 26 heavy (non-hydrogen) atoms. The van der Waals surface area contributed by atoms with E-state index >= 15 is 0 Å². The first-order valence-electron chi connectivity index (χ1n) is 10.4. The molecule has 2 aromatic rings. The molecule has 6 rings (SSSR count). The van der Waals surface area contributed by atoms with E-state index < -0.39 is 0 Å². The Labute approximate surface area is 154 Å². The highest BCUT2D eigenvalue weighted by Crippen LogP contribution is 2.42. The van der Waals surface area contributed by atoms with E-state index in [0.717, 1.165) is 51.5 Å². The van der Waals surface area contributed by atoms with Crippen LogP contribution in [0.2, 0.25) is 0 Å². The highest BCUT2D eigenvalue weighted by Gasteiger charge is 2.44. The highest BCUT2D eigenvalue weighted by molar-refractivity contribution is 5.77. The molecule has 0 amide bonds. The second kappa shape index (κ2) is 6.04. The molecule has 5 nitrogen and oxygen atoms in total. The molecule has 138 valence electrons. The van der Waals surface area contributed by atoms with E-state index in [0.29, 0.717) is 5.92 Å². The standard InChI is InChI=1S/C21H28N4O/c1-2-17(3-1)24-13-16-11-18(24)14-25-20-5-4-15(10-19(20)22-21(16)25)12-23-6-8-26-9-7-23/h4-5,10,16-18H,1-3,6-9,11-14H2. The molecule has 1 saturated carbocycles. The van der Waals surface area contributed by atoms with Crippen LogP contribution in [0, 0.1) is 0 Å². The molecule has 0 spiro atoms. The number of hydrogen-bond acceptors (Lipinski definition) is 4. The number of morpholine rings is 1. The second-order valence-electron chi connectivity index (χ2n) is 8.66. The van der Waals surface area contributed by atoms with Gasteiger partial charge < -0.3 is 9.30 Å². The molecule has 4 aliphatic rings. The van der Waals surface area contributed by atoms with Gasteiger partial charge in [0.15, 0.2) is 0 Å². The largest absolute Gasteiger partial charge is 0.379 e. The van der Waals surface area contributed by atoms with E-state index in [1.54, 1.807) is 0 Å². The molecular weight excluding hydrogens is 324 g/mol. The van der Waals surface area contributed by atoms with Crippen molar-refractivity contribution in [3.05, 3.63) is 29.6 Å². The Bertz CT molecular complexity index is 821. The summed E-state index contributed by atoms with van der Waals surface area (Å²) in [5.74, 6) is 1.99. The summed E-state index contributed by atoms with van der Waals surface area (Å²) in [6, 6.07) is 8.56. The van der Waals surface area contributed by atoms with Gasteiger partial charge in [0.25, 0.3) is 0 Å². The zero-order valence-corrected chi connectivity index (χ0v) is 15.4. The molecule has 5 heteroatoms. The minimum absolute atomic E-state index is 0.643. The summed E-state index contributed by atoms with van der Waals surface area (Å²) in [6.07, 6.45) is 5.58. The van der Waals surface area contributed by atoms with E-state index in [2.05, 4.69) is 32.6 Å². The zero-order chi connectivity index (χ0) is 17.1. The van der Waals surface area contributed by atoms with Crippen LogP contribution in [0.1, 0.15) is 43.0 Å². The third-order valence-corrected chi connectivity index (χ3v) is 7.11. The van der Waals surface area contributed by atoms with E-state index in [4.69, 9.17) is 9.72 Å². The van der Waals surface area contributed by atoms with Gasteiger partial charge >= 0.3 is 0 Å². The molecule has 2 atom stereocenters. The van der Waals surface area contributed by atoms with Crippen molar-refractivity contribution in [1.29, 1.82) is 0 Å². The van der Waals surface area contributed by atoms with Crippen LogP contribution < -0.4 is 0 Å². The van der Waals surface area contributed by atoms with Gasteiger partial charge in [-0.25, -0.2) is 4.98 Å². The number of aromatic nitrogens is 2. The van der Waals surface area contributed by atoms with Crippen LogP contribution in [0.5, 0.6) is 0 Å². The monoisotopic (exact) mass is 352 g/mol. The molecule has 0 radical (unpaired) electrons. The third kappa shape index (κ3) is 2.44. The van der Waals surface area contributed by atoms with E-state index in [-0.39, 0.29) is 0 Å². The maximum atomic E-state index is 5.47. The van der Waals surface area contributed by atoms with E-state index in [1.165, 1.54) is 54.6 Å². The lowest BCUT2D eigenvalue weighted by atomic mass is 9.91. The Morgan fingerprint density at radius 3 is 2.77 bits per heavy atom. The predicted octanol–water partition coefficient (Wildman–Crippen LogP) is 2.59. The third-order valence-electron chi connectivity index (χ3n) is 7.11. The minimum Gasteiger partial charge on any atom is -0.379 e. The summed E-state index contributed by atoms with van der Waals surface area (Å²) in [4.78, 5) is 10.4. The van der Waals surface area contributed by atoms with Crippen LogP contribution in [-0.4, -0.2) is 64.3 Å². The average molecular weight is 352 g/mol. The molecule has 3 fully saturated rings. The van der Waals surface area contributed by atoms with Gasteiger partial charge in [-0.15, -0.1) is 0 Å². The summed E-state index contributed by atoms with van der Waals surface area (Å²) in [5, 5.41) is 0. The lowest BCUT2D eigenvalue weighted by molar-refractivity contribution is 0.0342. The Kier molecular flexibility index (Phi) is 3.63. The van der Waals surface area contributed by atoms with Gasteiger partial charge in [0.1, 0.15) is 5.82 Å². The van der Waals surface area contributed by atoms with Crippen molar-refractivity contribution in [2.24, 2.45) is 0 Å². The van der Waals surface area contributed by atoms with E-state index in [9.17, 15) is 0 Å². The Balaban J connectivity index is 1.27.